The summed E-state index contributed by atoms with van der Waals surface area (Å²) in [5.74, 6) is 0.750. The fourth-order valence-electron chi connectivity index (χ4n) is 2.14. The average molecular weight is 313 g/mol. The number of sulfonamides is 1. The van der Waals surface area contributed by atoms with E-state index in [9.17, 15) is 18.5 Å². The van der Waals surface area contributed by atoms with Gasteiger partial charge in [-0.05, 0) is 24.8 Å². The molecular formula is C13H19N3O4S. The smallest absolute Gasteiger partial charge is 0.270 e. The maximum Gasteiger partial charge on any atom is 0.270 e. The zero-order valence-electron chi connectivity index (χ0n) is 11.8. The van der Waals surface area contributed by atoms with Crippen molar-refractivity contribution in [2.24, 2.45) is 5.92 Å². The second kappa shape index (κ2) is 6.40. The second-order valence-corrected chi connectivity index (χ2v) is 6.91. The highest BCUT2D eigenvalue weighted by molar-refractivity contribution is 7.89. The number of rotatable bonds is 8. The molecule has 1 saturated carbocycles. The van der Waals surface area contributed by atoms with Crippen molar-refractivity contribution < 1.29 is 13.3 Å². The molecule has 2 N–H and O–H groups in total. The van der Waals surface area contributed by atoms with Crippen molar-refractivity contribution in [3.63, 3.8) is 0 Å². The fourth-order valence-corrected chi connectivity index (χ4v) is 3.44. The number of nitro groups is 1. The van der Waals surface area contributed by atoms with E-state index in [1.807, 2.05) is 0 Å². The molecule has 0 spiro atoms. The first-order valence-corrected chi connectivity index (χ1v) is 8.38. The first-order chi connectivity index (χ1) is 9.94. The van der Waals surface area contributed by atoms with Gasteiger partial charge in [0.25, 0.3) is 5.69 Å². The highest BCUT2D eigenvalue weighted by Crippen LogP contribution is 2.33. The number of nitrogens with one attached hydrogen (secondary N) is 2. The monoisotopic (exact) mass is 313 g/mol. The summed E-state index contributed by atoms with van der Waals surface area (Å²) in [7, 11) is -2.18. The van der Waals surface area contributed by atoms with Crippen LogP contribution in [0.5, 0.6) is 0 Å². The summed E-state index contributed by atoms with van der Waals surface area (Å²) in [4.78, 5) is 10.1. The van der Waals surface area contributed by atoms with Gasteiger partial charge < -0.3 is 5.32 Å². The predicted molar refractivity (Wildman–Crippen MR) is 79.8 cm³/mol. The molecule has 116 valence electrons. The first-order valence-electron chi connectivity index (χ1n) is 6.90. The first kappa shape index (κ1) is 15.7. The van der Waals surface area contributed by atoms with E-state index < -0.39 is 14.9 Å². The van der Waals surface area contributed by atoms with Crippen LogP contribution in [-0.2, 0) is 10.0 Å². The van der Waals surface area contributed by atoms with Gasteiger partial charge in [0.2, 0.25) is 10.0 Å². The Morgan fingerprint density at radius 1 is 1.38 bits per heavy atom. The molecule has 0 amide bonds. The minimum absolute atomic E-state index is 0.0920. The van der Waals surface area contributed by atoms with Gasteiger partial charge in [0, 0.05) is 25.7 Å². The molecule has 21 heavy (non-hydrogen) atoms. The second-order valence-electron chi connectivity index (χ2n) is 5.17. The van der Waals surface area contributed by atoms with Crippen LogP contribution in [0.15, 0.2) is 23.1 Å². The molecule has 0 atom stereocenters. The topological polar surface area (TPSA) is 101 Å². The summed E-state index contributed by atoms with van der Waals surface area (Å²) in [6, 6.07) is 3.75. The summed E-state index contributed by atoms with van der Waals surface area (Å²) >= 11 is 0. The minimum atomic E-state index is -3.75. The Morgan fingerprint density at radius 3 is 2.67 bits per heavy atom. The van der Waals surface area contributed by atoms with Gasteiger partial charge >= 0.3 is 0 Å². The normalized spacial score (nSPS) is 14.9. The van der Waals surface area contributed by atoms with Gasteiger partial charge in [-0.15, -0.1) is 0 Å². The van der Waals surface area contributed by atoms with Crippen LogP contribution in [0.25, 0.3) is 0 Å². The average Bonchev–Trinajstić information content (AvgIpc) is 3.27. The molecule has 1 aromatic rings. The molecule has 0 saturated heterocycles. The third kappa shape index (κ3) is 4.15. The van der Waals surface area contributed by atoms with E-state index in [2.05, 4.69) is 10.0 Å². The van der Waals surface area contributed by atoms with E-state index in [1.54, 1.807) is 7.05 Å². The fraction of sp³-hybridized carbons (Fsp3) is 0.538. The van der Waals surface area contributed by atoms with E-state index in [4.69, 9.17) is 0 Å². The van der Waals surface area contributed by atoms with Gasteiger partial charge in [0.05, 0.1) is 10.6 Å². The van der Waals surface area contributed by atoms with Gasteiger partial charge in [0.1, 0.15) is 4.90 Å². The van der Waals surface area contributed by atoms with Crippen molar-refractivity contribution in [2.45, 2.75) is 30.6 Å². The molecular weight excluding hydrogens is 294 g/mol. The number of nitrogens with zero attached hydrogens (tertiary/aromatic N) is 1. The quantitative estimate of drug-likeness (QED) is 0.435. The summed E-state index contributed by atoms with van der Waals surface area (Å²) in [5, 5.41) is 13.5. The molecule has 0 bridgehead atoms. The van der Waals surface area contributed by atoms with E-state index in [1.165, 1.54) is 25.0 Å². The molecule has 1 aromatic carbocycles. The van der Waals surface area contributed by atoms with Gasteiger partial charge in [-0.25, -0.2) is 13.1 Å². The third-order valence-corrected chi connectivity index (χ3v) is 5.01. The molecule has 0 aliphatic heterocycles. The lowest BCUT2D eigenvalue weighted by Crippen LogP contribution is -2.25. The largest absolute Gasteiger partial charge is 0.387 e. The Balaban J connectivity index is 2.12. The number of nitro benzene ring substituents is 1. The molecule has 2 rings (SSSR count). The number of benzene rings is 1. The lowest BCUT2D eigenvalue weighted by Gasteiger charge is -2.11. The van der Waals surface area contributed by atoms with Crippen LogP contribution in [0.3, 0.4) is 0 Å². The standard InChI is InChI=1S/C13H19N3O4S/c1-14-12-7-6-11(16(17)18)9-13(12)21(19,20)15-8-2-3-10-4-5-10/h6-7,9-10,14-15H,2-5,8H2,1H3. The third-order valence-electron chi connectivity index (χ3n) is 3.51. The highest BCUT2D eigenvalue weighted by atomic mass is 32.2. The molecule has 0 heterocycles. The van der Waals surface area contributed by atoms with Crippen LogP contribution in [-0.4, -0.2) is 26.9 Å². The summed E-state index contributed by atoms with van der Waals surface area (Å²) in [6.07, 6.45) is 4.28. The molecule has 0 unspecified atom stereocenters. The van der Waals surface area contributed by atoms with E-state index in [-0.39, 0.29) is 10.6 Å². The van der Waals surface area contributed by atoms with Crippen LogP contribution in [0.1, 0.15) is 25.7 Å². The molecule has 8 heteroatoms. The minimum Gasteiger partial charge on any atom is -0.387 e. The zero-order valence-corrected chi connectivity index (χ0v) is 12.6. The maximum atomic E-state index is 12.3. The summed E-state index contributed by atoms with van der Waals surface area (Å²) in [6.45, 7) is 0.352. The molecule has 0 radical (unpaired) electrons. The molecule has 1 aliphatic rings. The van der Waals surface area contributed by atoms with Crippen molar-refractivity contribution in [3.8, 4) is 0 Å². The summed E-state index contributed by atoms with van der Waals surface area (Å²) in [5.41, 5.74) is 0.0997. The van der Waals surface area contributed by atoms with E-state index >= 15 is 0 Å². The SMILES string of the molecule is CNc1ccc([N+](=O)[O-])cc1S(=O)(=O)NCCCC1CC1. The number of hydrogen-bond donors (Lipinski definition) is 2. The van der Waals surface area contributed by atoms with Crippen LogP contribution in [0.2, 0.25) is 0 Å². The Bertz CT molecular complexity index is 626. The van der Waals surface area contributed by atoms with Gasteiger partial charge in [-0.2, -0.15) is 0 Å². The highest BCUT2D eigenvalue weighted by Gasteiger charge is 2.23. The van der Waals surface area contributed by atoms with E-state index in [0.717, 1.165) is 24.8 Å². The van der Waals surface area contributed by atoms with Crippen LogP contribution in [0.4, 0.5) is 11.4 Å². The maximum absolute atomic E-state index is 12.3. The number of non-ortho nitro benzene ring substituents is 1. The lowest BCUT2D eigenvalue weighted by molar-refractivity contribution is -0.385. The Morgan fingerprint density at radius 2 is 2.10 bits per heavy atom. The van der Waals surface area contributed by atoms with Gasteiger partial charge in [-0.3, -0.25) is 10.1 Å². The van der Waals surface area contributed by atoms with E-state index in [0.29, 0.717) is 12.2 Å². The van der Waals surface area contributed by atoms with Crippen molar-refractivity contribution in [3.05, 3.63) is 28.3 Å². The molecule has 0 aromatic heterocycles. The number of hydrogen-bond acceptors (Lipinski definition) is 5. The lowest BCUT2D eigenvalue weighted by atomic mass is 10.2. The van der Waals surface area contributed by atoms with Crippen LogP contribution >= 0.6 is 0 Å². The predicted octanol–water partition coefficient (Wildman–Crippen LogP) is 2.10. The van der Waals surface area contributed by atoms with Gasteiger partial charge in [0.15, 0.2) is 0 Å². The molecule has 7 nitrogen and oxygen atoms in total. The van der Waals surface area contributed by atoms with Gasteiger partial charge in [-0.1, -0.05) is 12.8 Å². The number of anilines is 1. The van der Waals surface area contributed by atoms with Crippen molar-refractivity contribution in [2.75, 3.05) is 18.9 Å². The Kier molecular flexibility index (Phi) is 4.79. The Labute approximate surface area is 123 Å². The summed E-state index contributed by atoms with van der Waals surface area (Å²) < 4.78 is 27.1. The zero-order chi connectivity index (χ0) is 15.5. The Hall–Kier alpha value is -1.67. The van der Waals surface area contributed by atoms with Crippen molar-refractivity contribution >= 4 is 21.4 Å². The van der Waals surface area contributed by atoms with Crippen LogP contribution in [0, 0.1) is 16.0 Å². The molecule has 1 fully saturated rings. The molecule has 1 aliphatic carbocycles. The van der Waals surface area contributed by atoms with Crippen molar-refractivity contribution in [1.29, 1.82) is 0 Å². The van der Waals surface area contributed by atoms with Crippen molar-refractivity contribution in [1.82, 2.24) is 4.72 Å². The van der Waals surface area contributed by atoms with Crippen LogP contribution < -0.4 is 10.0 Å².